The number of nitrogens with zero attached hydrogens (tertiary/aromatic N) is 3. The van der Waals surface area contributed by atoms with E-state index in [1.807, 2.05) is 24.1 Å². The van der Waals surface area contributed by atoms with Crippen molar-refractivity contribution < 1.29 is 4.42 Å². The molecule has 17 heavy (non-hydrogen) atoms. The molecule has 0 spiro atoms. The van der Waals surface area contributed by atoms with E-state index in [0.29, 0.717) is 23.3 Å². The molecule has 0 fully saturated rings. The SMILES string of the molecule is CNc1ncc(Cl)c(N(C)Cc2ccco2)n1. The second kappa shape index (κ2) is 5.05. The Morgan fingerprint density at radius 1 is 1.53 bits per heavy atom. The van der Waals surface area contributed by atoms with Gasteiger partial charge in [0.25, 0.3) is 0 Å². The quantitative estimate of drug-likeness (QED) is 0.906. The van der Waals surface area contributed by atoms with Crippen molar-refractivity contribution in [1.29, 1.82) is 0 Å². The van der Waals surface area contributed by atoms with E-state index in [1.54, 1.807) is 19.5 Å². The van der Waals surface area contributed by atoms with E-state index in [-0.39, 0.29) is 0 Å². The Bertz CT molecular complexity index is 486. The highest BCUT2D eigenvalue weighted by molar-refractivity contribution is 6.32. The Balaban J connectivity index is 2.20. The van der Waals surface area contributed by atoms with Crippen LogP contribution in [0, 0.1) is 0 Å². The van der Waals surface area contributed by atoms with Crippen molar-refractivity contribution in [2.24, 2.45) is 0 Å². The van der Waals surface area contributed by atoms with Gasteiger partial charge in [-0.05, 0) is 12.1 Å². The molecule has 0 bridgehead atoms. The van der Waals surface area contributed by atoms with E-state index >= 15 is 0 Å². The molecule has 90 valence electrons. The number of hydrogen-bond donors (Lipinski definition) is 1. The van der Waals surface area contributed by atoms with Gasteiger partial charge in [0.05, 0.1) is 19.0 Å². The fraction of sp³-hybridized carbons (Fsp3) is 0.273. The van der Waals surface area contributed by atoms with Crippen molar-refractivity contribution in [3.8, 4) is 0 Å². The molecule has 2 rings (SSSR count). The number of nitrogens with one attached hydrogen (secondary N) is 1. The summed E-state index contributed by atoms with van der Waals surface area (Å²) in [6.07, 6.45) is 3.22. The van der Waals surface area contributed by atoms with Crippen LogP contribution in [-0.4, -0.2) is 24.1 Å². The van der Waals surface area contributed by atoms with Crippen LogP contribution < -0.4 is 10.2 Å². The van der Waals surface area contributed by atoms with Crippen LogP contribution in [0.25, 0.3) is 0 Å². The number of hydrogen-bond acceptors (Lipinski definition) is 5. The molecule has 0 saturated heterocycles. The van der Waals surface area contributed by atoms with Crippen LogP contribution >= 0.6 is 11.6 Å². The molecule has 0 aliphatic rings. The van der Waals surface area contributed by atoms with Gasteiger partial charge in [0, 0.05) is 14.1 Å². The largest absolute Gasteiger partial charge is 0.467 e. The van der Waals surface area contributed by atoms with Gasteiger partial charge in [0.15, 0.2) is 5.82 Å². The van der Waals surface area contributed by atoms with E-state index in [1.165, 1.54) is 0 Å². The van der Waals surface area contributed by atoms with Crippen LogP contribution in [0.15, 0.2) is 29.0 Å². The van der Waals surface area contributed by atoms with Gasteiger partial charge in [0.2, 0.25) is 5.95 Å². The average Bonchev–Trinajstić information content (AvgIpc) is 2.82. The lowest BCUT2D eigenvalue weighted by atomic mass is 10.4. The normalized spacial score (nSPS) is 10.3. The Hall–Kier alpha value is -1.75. The van der Waals surface area contributed by atoms with E-state index in [0.717, 1.165) is 5.76 Å². The van der Waals surface area contributed by atoms with E-state index in [9.17, 15) is 0 Å². The van der Waals surface area contributed by atoms with Crippen LogP contribution in [0.3, 0.4) is 0 Å². The molecule has 0 amide bonds. The summed E-state index contributed by atoms with van der Waals surface area (Å²) in [4.78, 5) is 10.2. The van der Waals surface area contributed by atoms with Crippen molar-refractivity contribution in [2.45, 2.75) is 6.54 Å². The zero-order valence-corrected chi connectivity index (χ0v) is 10.4. The molecule has 2 heterocycles. The monoisotopic (exact) mass is 252 g/mol. The molecular formula is C11H13ClN4O. The van der Waals surface area contributed by atoms with Gasteiger partial charge < -0.3 is 14.6 Å². The Kier molecular flexibility index (Phi) is 3.49. The van der Waals surface area contributed by atoms with Crippen molar-refractivity contribution in [2.75, 3.05) is 24.3 Å². The molecule has 0 saturated carbocycles. The predicted molar refractivity (Wildman–Crippen MR) is 67.4 cm³/mol. The van der Waals surface area contributed by atoms with Crippen LogP contribution in [0.4, 0.5) is 11.8 Å². The number of rotatable bonds is 4. The van der Waals surface area contributed by atoms with Gasteiger partial charge in [-0.2, -0.15) is 4.98 Å². The molecule has 0 aromatic carbocycles. The summed E-state index contributed by atoms with van der Waals surface area (Å²) in [6.45, 7) is 0.604. The fourth-order valence-corrected chi connectivity index (χ4v) is 1.69. The highest BCUT2D eigenvalue weighted by Crippen LogP contribution is 2.23. The Morgan fingerprint density at radius 3 is 3.00 bits per heavy atom. The maximum Gasteiger partial charge on any atom is 0.224 e. The molecule has 6 heteroatoms. The first-order chi connectivity index (χ1) is 8.20. The lowest BCUT2D eigenvalue weighted by molar-refractivity contribution is 0.507. The lowest BCUT2D eigenvalue weighted by Gasteiger charge is -2.18. The zero-order chi connectivity index (χ0) is 12.3. The molecule has 2 aromatic rings. The van der Waals surface area contributed by atoms with Crippen molar-refractivity contribution >= 4 is 23.4 Å². The summed E-state index contributed by atoms with van der Waals surface area (Å²) in [5.41, 5.74) is 0. The number of halogens is 1. The lowest BCUT2D eigenvalue weighted by Crippen LogP contribution is -2.18. The summed E-state index contributed by atoms with van der Waals surface area (Å²) < 4.78 is 5.28. The van der Waals surface area contributed by atoms with Gasteiger partial charge in [0.1, 0.15) is 10.8 Å². The number of anilines is 2. The summed E-state index contributed by atoms with van der Waals surface area (Å²) in [7, 11) is 3.66. The maximum atomic E-state index is 6.06. The minimum atomic E-state index is 0.512. The first kappa shape index (κ1) is 11.7. The van der Waals surface area contributed by atoms with E-state index < -0.39 is 0 Å². The third-order valence-corrected chi connectivity index (χ3v) is 2.55. The molecule has 0 radical (unpaired) electrons. The molecule has 1 N–H and O–H groups in total. The topological polar surface area (TPSA) is 54.2 Å². The predicted octanol–water partition coefficient (Wildman–Crippen LogP) is 2.40. The van der Waals surface area contributed by atoms with Crippen molar-refractivity contribution in [1.82, 2.24) is 9.97 Å². The number of aromatic nitrogens is 2. The van der Waals surface area contributed by atoms with E-state index in [2.05, 4.69) is 15.3 Å². The molecule has 2 aromatic heterocycles. The standard InChI is InChI=1S/C11H13ClN4O/c1-13-11-14-6-9(12)10(15-11)16(2)7-8-4-3-5-17-8/h3-6H,7H2,1-2H3,(H,13,14,15). The molecular weight excluding hydrogens is 240 g/mol. The maximum absolute atomic E-state index is 6.06. The highest BCUT2D eigenvalue weighted by Gasteiger charge is 2.11. The molecule has 0 aliphatic heterocycles. The van der Waals surface area contributed by atoms with Gasteiger partial charge >= 0.3 is 0 Å². The van der Waals surface area contributed by atoms with Gasteiger partial charge in [-0.3, -0.25) is 0 Å². The van der Waals surface area contributed by atoms with Crippen LogP contribution in [0.1, 0.15) is 5.76 Å². The average molecular weight is 253 g/mol. The summed E-state index contributed by atoms with van der Waals surface area (Å²) >= 11 is 6.06. The summed E-state index contributed by atoms with van der Waals surface area (Å²) in [6, 6.07) is 3.76. The van der Waals surface area contributed by atoms with Gasteiger partial charge in [-0.15, -0.1) is 0 Å². The summed E-state index contributed by atoms with van der Waals surface area (Å²) in [5, 5.41) is 3.39. The van der Waals surface area contributed by atoms with Crippen LogP contribution in [0.5, 0.6) is 0 Å². The van der Waals surface area contributed by atoms with Crippen molar-refractivity contribution in [3.63, 3.8) is 0 Å². The highest BCUT2D eigenvalue weighted by atomic mass is 35.5. The second-order valence-corrected chi connectivity index (χ2v) is 3.96. The first-order valence-electron chi connectivity index (χ1n) is 5.14. The minimum absolute atomic E-state index is 0.512. The number of furan rings is 1. The van der Waals surface area contributed by atoms with Crippen molar-refractivity contribution in [3.05, 3.63) is 35.4 Å². The smallest absolute Gasteiger partial charge is 0.224 e. The molecule has 0 atom stereocenters. The summed E-state index contributed by atoms with van der Waals surface area (Å²) in [5.74, 6) is 2.06. The second-order valence-electron chi connectivity index (χ2n) is 3.55. The van der Waals surface area contributed by atoms with E-state index in [4.69, 9.17) is 16.0 Å². The molecule has 0 unspecified atom stereocenters. The van der Waals surface area contributed by atoms with Gasteiger partial charge in [-0.25, -0.2) is 4.98 Å². The first-order valence-corrected chi connectivity index (χ1v) is 5.52. The minimum Gasteiger partial charge on any atom is -0.467 e. The third kappa shape index (κ3) is 2.68. The van der Waals surface area contributed by atoms with Crippen LogP contribution in [0.2, 0.25) is 5.02 Å². The zero-order valence-electron chi connectivity index (χ0n) is 9.64. The molecule has 5 nitrogen and oxygen atoms in total. The fourth-order valence-electron chi connectivity index (χ4n) is 1.46. The molecule has 0 aliphatic carbocycles. The third-order valence-electron chi connectivity index (χ3n) is 2.28. The van der Waals surface area contributed by atoms with Crippen LogP contribution in [-0.2, 0) is 6.54 Å². The Labute approximate surface area is 104 Å². The Morgan fingerprint density at radius 2 is 2.35 bits per heavy atom. The van der Waals surface area contributed by atoms with Gasteiger partial charge in [-0.1, -0.05) is 11.6 Å².